The highest BCUT2D eigenvalue weighted by Gasteiger charge is 2.18. The monoisotopic (exact) mass is 434 g/mol. The van der Waals surface area contributed by atoms with Crippen LogP contribution in [0.15, 0.2) is 36.9 Å². The molecule has 5 heterocycles. The van der Waals surface area contributed by atoms with Crippen LogP contribution in [0.4, 0.5) is 10.8 Å². The number of aromatic nitrogens is 5. The molecule has 0 bridgehead atoms. The van der Waals surface area contributed by atoms with E-state index in [0.29, 0.717) is 16.3 Å². The van der Waals surface area contributed by atoms with Crippen LogP contribution in [0.2, 0.25) is 0 Å². The van der Waals surface area contributed by atoms with Crippen LogP contribution in [0.3, 0.4) is 0 Å². The van der Waals surface area contributed by atoms with Crippen LogP contribution < -0.4 is 16.4 Å². The summed E-state index contributed by atoms with van der Waals surface area (Å²) < 4.78 is 3.80. The van der Waals surface area contributed by atoms with Crippen LogP contribution in [0.1, 0.15) is 27.3 Å². The molecule has 1 aliphatic rings. The second-order valence-corrected chi connectivity index (χ2v) is 8.57. The molecule has 0 spiro atoms. The number of carbonyl (C=O) groups is 1. The van der Waals surface area contributed by atoms with Crippen molar-refractivity contribution in [1.29, 1.82) is 0 Å². The maximum atomic E-state index is 11.7. The van der Waals surface area contributed by atoms with Gasteiger partial charge in [0.2, 0.25) is 0 Å². The van der Waals surface area contributed by atoms with Gasteiger partial charge >= 0.3 is 0 Å². The molecular weight excluding hydrogens is 412 g/mol. The zero-order valence-corrected chi connectivity index (χ0v) is 18.0. The van der Waals surface area contributed by atoms with Crippen LogP contribution in [0, 0.1) is 6.92 Å². The van der Waals surface area contributed by atoms with Crippen LogP contribution in [-0.2, 0) is 7.05 Å². The molecule has 0 radical (unpaired) electrons. The van der Waals surface area contributed by atoms with Gasteiger partial charge < -0.3 is 16.4 Å². The number of hydrogen-bond acceptors (Lipinski definition) is 7. The van der Waals surface area contributed by atoms with Gasteiger partial charge in [0.25, 0.3) is 5.91 Å². The Balaban J connectivity index is 1.65. The number of hydrogen-bond donors (Lipinski definition) is 3. The fourth-order valence-electron chi connectivity index (χ4n) is 3.74. The Hall–Kier alpha value is -3.50. The molecule has 0 atom stereocenters. The van der Waals surface area contributed by atoms with Crippen molar-refractivity contribution in [3.8, 4) is 11.3 Å². The highest BCUT2D eigenvalue weighted by molar-refractivity contribution is 7.18. The number of amides is 1. The number of primary amides is 1. The second-order valence-electron chi connectivity index (χ2n) is 7.52. The fraction of sp³-hybridized carbons (Fsp3) is 0.238. The van der Waals surface area contributed by atoms with Gasteiger partial charge in [0.15, 0.2) is 11.5 Å². The number of nitrogens with two attached hydrogens (primary N) is 1. The Morgan fingerprint density at radius 2 is 2.19 bits per heavy atom. The van der Waals surface area contributed by atoms with E-state index in [2.05, 4.69) is 26.8 Å². The minimum atomic E-state index is -0.430. The van der Waals surface area contributed by atoms with Gasteiger partial charge in [-0.2, -0.15) is 5.10 Å². The Morgan fingerprint density at radius 1 is 1.32 bits per heavy atom. The van der Waals surface area contributed by atoms with Crippen molar-refractivity contribution in [1.82, 2.24) is 29.5 Å². The predicted octanol–water partition coefficient (Wildman–Crippen LogP) is 2.72. The Bertz CT molecular complexity index is 1330. The van der Waals surface area contributed by atoms with Gasteiger partial charge in [-0.25, -0.2) is 9.97 Å². The highest BCUT2D eigenvalue weighted by Crippen LogP contribution is 2.32. The van der Waals surface area contributed by atoms with E-state index >= 15 is 0 Å². The number of fused-ring (bicyclic) bond motifs is 1. The SMILES string of the molecule is Cc1cc(Nc2nc(C3=CCCNC3)cn3c(-c4cnn(C)c4)cnc23)sc1C(N)=O. The molecule has 0 aliphatic carbocycles. The first-order chi connectivity index (χ1) is 15.0. The van der Waals surface area contributed by atoms with Gasteiger partial charge in [-0.15, -0.1) is 11.3 Å². The van der Waals surface area contributed by atoms with Gasteiger partial charge in [0.1, 0.15) is 0 Å². The molecule has 31 heavy (non-hydrogen) atoms. The maximum Gasteiger partial charge on any atom is 0.259 e. The van der Waals surface area contributed by atoms with Crippen molar-refractivity contribution in [2.45, 2.75) is 13.3 Å². The molecule has 4 N–H and O–H groups in total. The average molecular weight is 435 g/mol. The molecule has 0 saturated heterocycles. The fourth-order valence-corrected chi connectivity index (χ4v) is 4.66. The maximum absolute atomic E-state index is 11.7. The van der Waals surface area contributed by atoms with E-state index < -0.39 is 5.91 Å². The number of aryl methyl sites for hydroxylation is 2. The first-order valence-corrected chi connectivity index (χ1v) is 10.8. The van der Waals surface area contributed by atoms with E-state index in [1.54, 1.807) is 4.68 Å². The summed E-state index contributed by atoms with van der Waals surface area (Å²) in [6, 6.07) is 1.90. The Labute approximate surface area is 182 Å². The van der Waals surface area contributed by atoms with E-state index in [1.807, 2.05) is 49.2 Å². The third-order valence-corrected chi connectivity index (χ3v) is 6.40. The van der Waals surface area contributed by atoms with E-state index in [9.17, 15) is 4.79 Å². The molecule has 4 aromatic heterocycles. The lowest BCUT2D eigenvalue weighted by Gasteiger charge is -2.16. The van der Waals surface area contributed by atoms with Crippen molar-refractivity contribution in [3.05, 3.63) is 53.1 Å². The van der Waals surface area contributed by atoms with Crippen LogP contribution >= 0.6 is 11.3 Å². The van der Waals surface area contributed by atoms with E-state index in [4.69, 9.17) is 10.7 Å². The standard InChI is InChI=1S/C21H22N8OS/c1-12-6-17(31-18(12)19(22)30)27-20-21-24-9-16(14-8-25-28(2)10-14)29(21)11-15(26-20)13-4-3-5-23-7-13/h4,6,8-11,23H,3,5,7H2,1-2H3,(H2,22,30)(H,26,27). The van der Waals surface area contributed by atoms with Crippen molar-refractivity contribution >= 4 is 39.3 Å². The molecule has 9 nitrogen and oxygen atoms in total. The van der Waals surface area contributed by atoms with Gasteiger partial charge in [0, 0.05) is 31.5 Å². The molecule has 5 rings (SSSR count). The number of nitrogens with zero attached hydrogens (tertiary/aromatic N) is 5. The highest BCUT2D eigenvalue weighted by atomic mass is 32.1. The van der Waals surface area contributed by atoms with Gasteiger partial charge in [-0.1, -0.05) is 6.08 Å². The molecule has 0 unspecified atom stereocenters. The van der Waals surface area contributed by atoms with Gasteiger partial charge in [0.05, 0.1) is 33.7 Å². The summed E-state index contributed by atoms with van der Waals surface area (Å²) in [4.78, 5) is 21.7. The van der Waals surface area contributed by atoms with E-state index in [0.717, 1.165) is 52.6 Å². The average Bonchev–Trinajstić information content (AvgIpc) is 3.46. The molecule has 0 saturated carbocycles. The molecule has 4 aromatic rings. The first kappa shape index (κ1) is 19.5. The Kier molecular flexibility index (Phi) is 4.79. The van der Waals surface area contributed by atoms with Crippen molar-refractivity contribution in [3.63, 3.8) is 0 Å². The Morgan fingerprint density at radius 3 is 2.87 bits per heavy atom. The number of nitrogens with one attached hydrogen (secondary N) is 2. The van der Waals surface area contributed by atoms with Gasteiger partial charge in [-0.3, -0.25) is 13.9 Å². The zero-order chi connectivity index (χ0) is 21.5. The summed E-state index contributed by atoms with van der Waals surface area (Å²) in [6.45, 7) is 3.60. The molecule has 10 heteroatoms. The minimum absolute atomic E-state index is 0.430. The third kappa shape index (κ3) is 3.60. The van der Waals surface area contributed by atoms with Crippen molar-refractivity contribution in [2.24, 2.45) is 12.8 Å². The number of carbonyl (C=O) groups excluding carboxylic acids is 1. The number of anilines is 2. The molecule has 1 amide bonds. The molecule has 0 aromatic carbocycles. The summed E-state index contributed by atoms with van der Waals surface area (Å²) in [5.41, 5.74) is 10.9. The summed E-state index contributed by atoms with van der Waals surface area (Å²) >= 11 is 1.32. The van der Waals surface area contributed by atoms with E-state index in [-0.39, 0.29) is 0 Å². The van der Waals surface area contributed by atoms with Crippen LogP contribution in [0.5, 0.6) is 0 Å². The number of thiophene rings is 1. The summed E-state index contributed by atoms with van der Waals surface area (Å²) in [6.07, 6.45) is 10.8. The van der Waals surface area contributed by atoms with Crippen molar-refractivity contribution < 1.29 is 4.79 Å². The summed E-state index contributed by atoms with van der Waals surface area (Å²) in [7, 11) is 1.89. The smallest absolute Gasteiger partial charge is 0.259 e. The minimum Gasteiger partial charge on any atom is -0.365 e. The van der Waals surface area contributed by atoms with E-state index in [1.165, 1.54) is 11.3 Å². The number of imidazole rings is 1. The molecular formula is C21H22N8OS. The third-order valence-electron chi connectivity index (χ3n) is 5.23. The molecule has 158 valence electrons. The lowest BCUT2D eigenvalue weighted by atomic mass is 10.1. The van der Waals surface area contributed by atoms with Crippen LogP contribution in [0.25, 0.3) is 22.5 Å². The van der Waals surface area contributed by atoms with Crippen molar-refractivity contribution in [2.75, 3.05) is 18.4 Å². The normalized spacial score (nSPS) is 14.1. The summed E-state index contributed by atoms with van der Waals surface area (Å²) in [5.74, 6) is 0.192. The lowest BCUT2D eigenvalue weighted by molar-refractivity contribution is 0.100. The molecule has 1 aliphatic heterocycles. The second kappa shape index (κ2) is 7.64. The van der Waals surface area contributed by atoms with Gasteiger partial charge in [-0.05, 0) is 37.1 Å². The predicted molar refractivity (Wildman–Crippen MR) is 122 cm³/mol. The first-order valence-electron chi connectivity index (χ1n) is 9.94. The quantitative estimate of drug-likeness (QED) is 0.445. The number of rotatable bonds is 5. The van der Waals surface area contributed by atoms with Crippen LogP contribution in [-0.4, -0.2) is 43.1 Å². The largest absolute Gasteiger partial charge is 0.365 e. The lowest BCUT2D eigenvalue weighted by Crippen LogP contribution is -2.22. The zero-order valence-electron chi connectivity index (χ0n) is 17.2. The topological polar surface area (TPSA) is 115 Å². The summed E-state index contributed by atoms with van der Waals surface area (Å²) in [5, 5.41) is 11.8. The molecule has 0 fully saturated rings.